The van der Waals surface area contributed by atoms with Gasteiger partial charge >= 0.3 is 0 Å². The molecule has 0 aromatic heterocycles. The minimum Gasteiger partial charge on any atom is -0.490 e. The van der Waals surface area contributed by atoms with Gasteiger partial charge in [-0.2, -0.15) is 0 Å². The molecular weight excluding hydrogens is 292 g/mol. The van der Waals surface area contributed by atoms with Crippen LogP contribution in [-0.4, -0.2) is 25.7 Å². The van der Waals surface area contributed by atoms with E-state index >= 15 is 0 Å². The van der Waals surface area contributed by atoms with E-state index < -0.39 is 5.82 Å². The number of hydrogen-bond donors (Lipinski definition) is 0. The van der Waals surface area contributed by atoms with Gasteiger partial charge in [0, 0.05) is 6.07 Å². The van der Waals surface area contributed by atoms with E-state index in [0.29, 0.717) is 30.3 Å². The molecule has 2 aromatic rings. The summed E-state index contributed by atoms with van der Waals surface area (Å²) < 4.78 is 36.9. The number of anilines is 1. The van der Waals surface area contributed by atoms with Crippen LogP contribution in [0.1, 0.15) is 0 Å². The number of amides is 1. The Labute approximate surface area is 125 Å². The topological polar surface area (TPSA) is 38.8 Å². The molecule has 0 saturated heterocycles. The molecule has 0 spiro atoms. The molecule has 0 bridgehead atoms. The zero-order chi connectivity index (χ0) is 15.5. The van der Waals surface area contributed by atoms with Crippen LogP contribution in [0.4, 0.5) is 14.5 Å². The van der Waals surface area contributed by atoms with Crippen LogP contribution in [0.5, 0.6) is 11.5 Å². The minimum absolute atomic E-state index is 0.221. The lowest BCUT2D eigenvalue weighted by Crippen LogP contribution is -2.40. The Bertz CT molecular complexity index is 688. The lowest BCUT2D eigenvalue weighted by Gasteiger charge is -2.29. The van der Waals surface area contributed by atoms with Crippen molar-refractivity contribution in [1.82, 2.24) is 0 Å². The van der Waals surface area contributed by atoms with Crippen molar-refractivity contribution in [2.24, 2.45) is 0 Å². The van der Waals surface area contributed by atoms with Gasteiger partial charge in [0.2, 0.25) is 0 Å². The van der Waals surface area contributed by atoms with Crippen molar-refractivity contribution in [3.8, 4) is 11.5 Å². The van der Waals surface area contributed by atoms with Gasteiger partial charge in [-0.25, -0.2) is 8.78 Å². The third kappa shape index (κ3) is 3.00. The molecule has 1 aliphatic heterocycles. The number of hydrogen-bond acceptors (Lipinski definition) is 3. The fraction of sp³-hybridized carbons (Fsp3) is 0.188. The first-order valence-corrected chi connectivity index (χ1v) is 6.74. The van der Waals surface area contributed by atoms with E-state index in [4.69, 9.17) is 9.47 Å². The third-order valence-corrected chi connectivity index (χ3v) is 3.26. The van der Waals surface area contributed by atoms with Crippen LogP contribution in [-0.2, 0) is 4.79 Å². The Morgan fingerprint density at radius 1 is 1.14 bits per heavy atom. The van der Waals surface area contributed by atoms with Gasteiger partial charge in [-0.05, 0) is 36.4 Å². The van der Waals surface area contributed by atoms with E-state index in [1.807, 2.05) is 0 Å². The Hall–Kier alpha value is -2.63. The summed E-state index contributed by atoms with van der Waals surface area (Å²) in [5.74, 6) is -0.289. The predicted molar refractivity (Wildman–Crippen MR) is 76.1 cm³/mol. The Balaban J connectivity index is 1.71. The molecule has 1 amide bonds. The van der Waals surface area contributed by atoms with Gasteiger partial charge in [0.1, 0.15) is 29.7 Å². The third-order valence-electron chi connectivity index (χ3n) is 3.26. The SMILES string of the molecule is O=C(COc1ccc(F)cc1)N1CCOc2ccc(F)cc21. The van der Waals surface area contributed by atoms with Crippen molar-refractivity contribution >= 4 is 11.6 Å². The zero-order valence-electron chi connectivity index (χ0n) is 11.6. The average molecular weight is 305 g/mol. The molecule has 114 valence electrons. The van der Waals surface area contributed by atoms with Gasteiger partial charge in [0.05, 0.1) is 12.2 Å². The largest absolute Gasteiger partial charge is 0.490 e. The number of fused-ring (bicyclic) bond motifs is 1. The van der Waals surface area contributed by atoms with Crippen LogP contribution >= 0.6 is 0 Å². The van der Waals surface area contributed by atoms with Crippen molar-refractivity contribution in [2.45, 2.75) is 0 Å². The summed E-state index contributed by atoms with van der Waals surface area (Å²) >= 11 is 0. The average Bonchev–Trinajstić information content (AvgIpc) is 2.53. The lowest BCUT2D eigenvalue weighted by atomic mass is 10.2. The van der Waals surface area contributed by atoms with E-state index in [9.17, 15) is 13.6 Å². The highest BCUT2D eigenvalue weighted by molar-refractivity contribution is 5.96. The fourth-order valence-electron chi connectivity index (χ4n) is 2.20. The first-order chi connectivity index (χ1) is 10.6. The zero-order valence-corrected chi connectivity index (χ0v) is 11.6. The number of carbonyl (C=O) groups excluding carboxylic acids is 1. The summed E-state index contributed by atoms with van der Waals surface area (Å²) in [4.78, 5) is 13.7. The highest BCUT2D eigenvalue weighted by Gasteiger charge is 2.24. The van der Waals surface area contributed by atoms with Crippen molar-refractivity contribution in [3.05, 3.63) is 54.1 Å². The summed E-state index contributed by atoms with van der Waals surface area (Å²) in [5.41, 5.74) is 0.388. The van der Waals surface area contributed by atoms with Crippen LogP contribution < -0.4 is 14.4 Å². The first kappa shape index (κ1) is 14.3. The standard InChI is InChI=1S/C16H13F2NO3/c17-11-1-4-13(5-2-11)22-10-16(20)19-7-8-21-15-6-3-12(18)9-14(15)19/h1-6,9H,7-8,10H2. The molecule has 0 atom stereocenters. The quantitative estimate of drug-likeness (QED) is 0.875. The van der Waals surface area contributed by atoms with Crippen LogP contribution in [0.3, 0.4) is 0 Å². The summed E-state index contributed by atoms with van der Waals surface area (Å²) in [6.07, 6.45) is 0. The molecule has 0 radical (unpaired) electrons. The molecule has 0 unspecified atom stereocenters. The second-order valence-electron chi connectivity index (χ2n) is 4.75. The molecule has 4 nitrogen and oxygen atoms in total. The molecule has 6 heteroatoms. The van der Waals surface area contributed by atoms with Crippen LogP contribution in [0.15, 0.2) is 42.5 Å². The monoisotopic (exact) mass is 305 g/mol. The number of rotatable bonds is 3. The normalized spacial score (nSPS) is 13.3. The number of benzene rings is 2. The lowest BCUT2D eigenvalue weighted by molar-refractivity contribution is -0.120. The maximum atomic E-state index is 13.4. The Morgan fingerprint density at radius 2 is 1.86 bits per heavy atom. The molecule has 0 fully saturated rings. The van der Waals surface area contributed by atoms with Gasteiger partial charge in [-0.1, -0.05) is 0 Å². The summed E-state index contributed by atoms with van der Waals surface area (Å²) in [6.45, 7) is 0.435. The second-order valence-corrected chi connectivity index (χ2v) is 4.75. The van der Waals surface area contributed by atoms with Gasteiger partial charge in [0.25, 0.3) is 5.91 Å². The molecule has 1 aliphatic rings. The Kier molecular flexibility index (Phi) is 3.91. The molecule has 1 heterocycles. The van der Waals surface area contributed by atoms with Crippen molar-refractivity contribution in [3.63, 3.8) is 0 Å². The Morgan fingerprint density at radius 3 is 2.64 bits per heavy atom. The van der Waals surface area contributed by atoms with Crippen molar-refractivity contribution in [2.75, 3.05) is 24.7 Å². The molecule has 0 saturated carbocycles. The maximum Gasteiger partial charge on any atom is 0.265 e. The number of ether oxygens (including phenoxy) is 2. The maximum absolute atomic E-state index is 13.4. The molecule has 0 N–H and O–H groups in total. The molecule has 0 aliphatic carbocycles. The first-order valence-electron chi connectivity index (χ1n) is 6.74. The van der Waals surface area contributed by atoms with E-state index in [-0.39, 0.29) is 18.3 Å². The molecule has 2 aromatic carbocycles. The smallest absolute Gasteiger partial charge is 0.265 e. The van der Waals surface area contributed by atoms with Crippen LogP contribution in [0, 0.1) is 11.6 Å². The highest BCUT2D eigenvalue weighted by atomic mass is 19.1. The van der Waals surface area contributed by atoms with E-state index in [1.165, 1.54) is 47.4 Å². The minimum atomic E-state index is -0.443. The summed E-state index contributed by atoms with van der Waals surface area (Å²) in [7, 11) is 0. The van der Waals surface area contributed by atoms with Gasteiger partial charge < -0.3 is 14.4 Å². The van der Waals surface area contributed by atoms with E-state index in [2.05, 4.69) is 0 Å². The summed E-state index contributed by atoms with van der Waals surface area (Å²) in [6, 6.07) is 9.40. The second kappa shape index (κ2) is 6.01. The number of halogens is 2. The highest BCUT2D eigenvalue weighted by Crippen LogP contribution is 2.32. The van der Waals surface area contributed by atoms with Crippen molar-refractivity contribution in [1.29, 1.82) is 0 Å². The van der Waals surface area contributed by atoms with Crippen molar-refractivity contribution < 1.29 is 23.0 Å². The number of carbonyl (C=O) groups is 1. The van der Waals surface area contributed by atoms with E-state index in [0.717, 1.165) is 0 Å². The molecule has 3 rings (SSSR count). The van der Waals surface area contributed by atoms with Gasteiger partial charge in [0.15, 0.2) is 6.61 Å². The number of nitrogens with zero attached hydrogens (tertiary/aromatic N) is 1. The molecule has 22 heavy (non-hydrogen) atoms. The van der Waals surface area contributed by atoms with Gasteiger partial charge in [-0.3, -0.25) is 4.79 Å². The predicted octanol–water partition coefficient (Wildman–Crippen LogP) is 2.77. The summed E-state index contributed by atoms with van der Waals surface area (Å²) in [5, 5.41) is 0. The van der Waals surface area contributed by atoms with Crippen LogP contribution in [0.25, 0.3) is 0 Å². The molecular formula is C16H13F2NO3. The van der Waals surface area contributed by atoms with Gasteiger partial charge in [-0.15, -0.1) is 0 Å². The van der Waals surface area contributed by atoms with Crippen LogP contribution in [0.2, 0.25) is 0 Å². The fourth-order valence-corrected chi connectivity index (χ4v) is 2.20. The van der Waals surface area contributed by atoms with E-state index in [1.54, 1.807) is 0 Å².